The first kappa shape index (κ1) is 19.7. The molecule has 0 unspecified atom stereocenters. The van der Waals surface area contributed by atoms with Crippen LogP contribution in [0, 0.1) is 0 Å². The summed E-state index contributed by atoms with van der Waals surface area (Å²) in [6.07, 6.45) is 4.01. The van der Waals surface area contributed by atoms with E-state index in [1.54, 1.807) is 18.1 Å². The molecule has 0 bridgehead atoms. The number of ether oxygens (including phenoxy) is 1. The Morgan fingerprint density at radius 1 is 1.07 bits per heavy atom. The van der Waals surface area contributed by atoms with E-state index in [0.29, 0.717) is 18.7 Å². The Hall–Kier alpha value is -3.64. The van der Waals surface area contributed by atoms with Crippen molar-refractivity contribution in [1.82, 2.24) is 14.9 Å². The highest BCUT2D eigenvalue weighted by atomic mass is 16.5. The van der Waals surface area contributed by atoms with Crippen molar-refractivity contribution in [2.24, 2.45) is 5.73 Å². The number of likely N-dealkylation sites (N-methyl/N-ethyl adjacent to an activating group) is 1. The summed E-state index contributed by atoms with van der Waals surface area (Å²) in [7, 11) is 1.78. The Bertz CT molecular complexity index is 1120. The molecule has 1 atom stereocenters. The van der Waals surface area contributed by atoms with Gasteiger partial charge in [0.2, 0.25) is 5.91 Å². The maximum Gasteiger partial charge on any atom is 0.239 e. The van der Waals surface area contributed by atoms with Crippen LogP contribution >= 0.6 is 0 Å². The van der Waals surface area contributed by atoms with E-state index in [1.807, 2.05) is 72.9 Å². The molecular formula is C24H24N4O2. The average molecular weight is 400 g/mol. The van der Waals surface area contributed by atoms with Gasteiger partial charge >= 0.3 is 0 Å². The van der Waals surface area contributed by atoms with Crippen molar-refractivity contribution in [2.45, 2.75) is 19.0 Å². The number of benzene rings is 2. The number of aromatic nitrogens is 2. The lowest BCUT2D eigenvalue weighted by Gasteiger charge is -2.21. The predicted molar refractivity (Wildman–Crippen MR) is 117 cm³/mol. The molecule has 6 nitrogen and oxygen atoms in total. The zero-order chi connectivity index (χ0) is 20.9. The maximum atomic E-state index is 12.6. The number of carbonyl (C=O) groups excluding carboxylic acids is 1. The van der Waals surface area contributed by atoms with E-state index in [-0.39, 0.29) is 5.91 Å². The standard InChI is InChI=1S/C24H24N4O2/c1-28(16-18-5-3-2-4-6-18)24(29)21(25)15-17-7-9-19(10-8-17)30-22-12-14-27-23-20(22)11-13-26-23/h2-14,21H,15-16,25H2,1H3,(H,26,27)/t21-/m1/s1. The molecular weight excluding hydrogens is 376 g/mol. The van der Waals surface area contributed by atoms with Crippen LogP contribution in [-0.4, -0.2) is 33.9 Å². The van der Waals surface area contributed by atoms with Crippen molar-refractivity contribution in [2.75, 3.05) is 7.05 Å². The van der Waals surface area contributed by atoms with Crippen molar-refractivity contribution in [1.29, 1.82) is 0 Å². The molecule has 4 rings (SSSR count). The predicted octanol–water partition coefficient (Wildman–Crippen LogP) is 3.88. The smallest absolute Gasteiger partial charge is 0.239 e. The van der Waals surface area contributed by atoms with Gasteiger partial charge in [-0.25, -0.2) is 4.98 Å². The van der Waals surface area contributed by atoms with E-state index >= 15 is 0 Å². The Balaban J connectivity index is 1.37. The highest BCUT2D eigenvalue weighted by molar-refractivity contribution is 5.83. The van der Waals surface area contributed by atoms with Crippen LogP contribution in [-0.2, 0) is 17.8 Å². The lowest BCUT2D eigenvalue weighted by molar-refractivity contribution is -0.131. The van der Waals surface area contributed by atoms with Gasteiger partial charge in [-0.1, -0.05) is 42.5 Å². The molecule has 3 N–H and O–H groups in total. The summed E-state index contributed by atoms with van der Waals surface area (Å²) in [5.74, 6) is 1.38. The molecule has 6 heteroatoms. The van der Waals surface area contributed by atoms with Crippen molar-refractivity contribution < 1.29 is 9.53 Å². The fraction of sp³-hybridized carbons (Fsp3) is 0.167. The molecule has 0 spiro atoms. The van der Waals surface area contributed by atoms with E-state index in [4.69, 9.17) is 10.5 Å². The Morgan fingerprint density at radius 3 is 2.60 bits per heavy atom. The fourth-order valence-corrected chi connectivity index (χ4v) is 3.40. The molecule has 0 radical (unpaired) electrons. The Labute approximate surface area is 175 Å². The number of nitrogens with zero attached hydrogens (tertiary/aromatic N) is 2. The number of pyridine rings is 1. The van der Waals surface area contributed by atoms with E-state index in [1.165, 1.54) is 0 Å². The summed E-state index contributed by atoms with van der Waals surface area (Å²) < 4.78 is 6.00. The van der Waals surface area contributed by atoms with Gasteiger partial charge in [-0.15, -0.1) is 0 Å². The molecule has 0 fully saturated rings. The summed E-state index contributed by atoms with van der Waals surface area (Å²) in [5, 5.41) is 0.927. The second-order valence-electron chi connectivity index (χ2n) is 7.29. The molecule has 4 aromatic rings. The highest BCUT2D eigenvalue weighted by Gasteiger charge is 2.18. The summed E-state index contributed by atoms with van der Waals surface area (Å²) in [5.41, 5.74) is 9.03. The average Bonchev–Trinajstić information content (AvgIpc) is 3.25. The molecule has 1 amide bonds. The third-order valence-electron chi connectivity index (χ3n) is 4.98. The molecule has 0 aliphatic carbocycles. The Morgan fingerprint density at radius 2 is 1.83 bits per heavy atom. The third kappa shape index (κ3) is 4.50. The zero-order valence-corrected chi connectivity index (χ0v) is 16.8. The van der Waals surface area contributed by atoms with Gasteiger partial charge in [0, 0.05) is 26.0 Å². The Kier molecular flexibility index (Phi) is 5.77. The van der Waals surface area contributed by atoms with Gasteiger partial charge in [0.1, 0.15) is 17.1 Å². The van der Waals surface area contributed by atoms with Crippen molar-refractivity contribution in [3.63, 3.8) is 0 Å². The van der Waals surface area contributed by atoms with Gasteiger partial charge in [0.15, 0.2) is 0 Å². The minimum absolute atomic E-state index is 0.0779. The van der Waals surface area contributed by atoms with Gasteiger partial charge in [-0.3, -0.25) is 4.79 Å². The molecule has 0 saturated heterocycles. The summed E-state index contributed by atoms with van der Waals surface area (Å²) in [4.78, 5) is 21.6. The first-order chi connectivity index (χ1) is 14.6. The van der Waals surface area contributed by atoms with Gasteiger partial charge in [-0.2, -0.15) is 0 Å². The van der Waals surface area contributed by atoms with Crippen molar-refractivity contribution in [3.05, 3.63) is 90.3 Å². The van der Waals surface area contributed by atoms with Crippen LogP contribution in [0.25, 0.3) is 11.0 Å². The normalized spacial score (nSPS) is 11.9. The number of rotatable bonds is 7. The van der Waals surface area contributed by atoms with E-state index in [2.05, 4.69) is 9.97 Å². The molecule has 2 aromatic carbocycles. The zero-order valence-electron chi connectivity index (χ0n) is 16.8. The van der Waals surface area contributed by atoms with Gasteiger partial charge < -0.3 is 20.4 Å². The topological polar surface area (TPSA) is 84.2 Å². The molecule has 152 valence electrons. The second kappa shape index (κ2) is 8.80. The molecule has 30 heavy (non-hydrogen) atoms. The van der Waals surface area contributed by atoms with Crippen LogP contribution in [0.1, 0.15) is 11.1 Å². The molecule has 0 aliphatic rings. The number of hydrogen-bond donors (Lipinski definition) is 2. The number of nitrogens with two attached hydrogens (primary N) is 1. The molecule has 0 saturated carbocycles. The quantitative estimate of drug-likeness (QED) is 0.493. The first-order valence-corrected chi connectivity index (χ1v) is 9.83. The largest absolute Gasteiger partial charge is 0.457 e. The minimum atomic E-state index is -0.592. The van der Waals surface area contributed by atoms with E-state index in [9.17, 15) is 4.79 Å². The van der Waals surface area contributed by atoms with Gasteiger partial charge in [0.25, 0.3) is 0 Å². The molecule has 2 aromatic heterocycles. The number of carbonyl (C=O) groups is 1. The van der Waals surface area contributed by atoms with Crippen molar-refractivity contribution in [3.8, 4) is 11.5 Å². The fourth-order valence-electron chi connectivity index (χ4n) is 3.40. The van der Waals surface area contributed by atoms with Gasteiger partial charge in [-0.05, 0) is 41.8 Å². The first-order valence-electron chi connectivity index (χ1n) is 9.83. The second-order valence-corrected chi connectivity index (χ2v) is 7.29. The highest BCUT2D eigenvalue weighted by Crippen LogP contribution is 2.28. The van der Waals surface area contributed by atoms with Gasteiger partial charge in [0.05, 0.1) is 11.4 Å². The number of nitrogens with one attached hydrogen (secondary N) is 1. The van der Waals surface area contributed by atoms with Crippen molar-refractivity contribution >= 4 is 16.9 Å². The number of hydrogen-bond acceptors (Lipinski definition) is 4. The third-order valence-corrected chi connectivity index (χ3v) is 4.98. The molecule has 0 aliphatic heterocycles. The molecule has 2 heterocycles. The maximum absolute atomic E-state index is 12.6. The van der Waals surface area contributed by atoms with Crippen LogP contribution in [0.2, 0.25) is 0 Å². The number of amides is 1. The van der Waals surface area contributed by atoms with Crippen LogP contribution in [0.4, 0.5) is 0 Å². The van der Waals surface area contributed by atoms with Crippen LogP contribution in [0.15, 0.2) is 79.1 Å². The summed E-state index contributed by atoms with van der Waals surface area (Å²) in [6, 6.07) is 20.7. The number of H-pyrrole nitrogens is 1. The number of fused-ring (bicyclic) bond motifs is 1. The summed E-state index contributed by atoms with van der Waals surface area (Å²) in [6.45, 7) is 0.541. The van der Waals surface area contributed by atoms with Crippen LogP contribution in [0.3, 0.4) is 0 Å². The van der Waals surface area contributed by atoms with E-state index in [0.717, 1.165) is 27.9 Å². The minimum Gasteiger partial charge on any atom is -0.457 e. The van der Waals surface area contributed by atoms with E-state index < -0.39 is 6.04 Å². The monoisotopic (exact) mass is 400 g/mol. The SMILES string of the molecule is CN(Cc1ccccc1)C(=O)[C@H](N)Cc1ccc(Oc2ccnc3[nH]ccc23)cc1. The van der Waals surface area contributed by atoms with Crippen LogP contribution in [0.5, 0.6) is 11.5 Å². The number of aromatic amines is 1. The lowest BCUT2D eigenvalue weighted by atomic mass is 10.1. The summed E-state index contributed by atoms with van der Waals surface area (Å²) >= 11 is 0. The lowest BCUT2D eigenvalue weighted by Crippen LogP contribution is -2.42. The van der Waals surface area contributed by atoms with Crippen LogP contribution < -0.4 is 10.5 Å².